The van der Waals surface area contributed by atoms with Gasteiger partial charge in [-0.05, 0) is 18.2 Å². The van der Waals surface area contributed by atoms with Crippen LogP contribution in [0.3, 0.4) is 0 Å². The highest BCUT2D eigenvalue weighted by atomic mass is 19.1. The minimum absolute atomic E-state index is 0.188. The highest BCUT2D eigenvalue weighted by Gasteiger charge is 2.19. The number of nitrogens with zero attached hydrogens (tertiary/aromatic N) is 1. The molecule has 2 N–H and O–H groups in total. The van der Waals surface area contributed by atoms with E-state index in [4.69, 9.17) is 10.0 Å². The summed E-state index contributed by atoms with van der Waals surface area (Å²) < 4.78 is 13.5. The Morgan fingerprint density at radius 3 is 2.50 bits per heavy atom. The fraction of sp³-hybridized carbons (Fsp3) is 0. The zero-order valence-corrected chi connectivity index (χ0v) is 8.34. The molecule has 1 aromatic heterocycles. The molecule has 0 aliphatic heterocycles. The standard InChI is InChI=1S/C11H9BFNO2/c13-10-6-2-1-4-8(10)11-9(12(15)16)5-3-7-14-11/h1-7,15-16H. The lowest BCUT2D eigenvalue weighted by Crippen LogP contribution is -2.32. The average molecular weight is 217 g/mol. The number of benzene rings is 1. The van der Waals surface area contributed by atoms with Crippen molar-refractivity contribution in [3.63, 3.8) is 0 Å². The molecule has 0 unspecified atom stereocenters. The number of hydrogen-bond acceptors (Lipinski definition) is 3. The van der Waals surface area contributed by atoms with Gasteiger partial charge in [-0.25, -0.2) is 4.39 Å². The zero-order valence-electron chi connectivity index (χ0n) is 8.34. The van der Waals surface area contributed by atoms with Gasteiger partial charge in [0, 0.05) is 17.2 Å². The number of hydrogen-bond donors (Lipinski definition) is 2. The zero-order chi connectivity index (χ0) is 11.5. The molecule has 0 aliphatic rings. The molecule has 0 saturated carbocycles. The van der Waals surface area contributed by atoms with E-state index in [0.29, 0.717) is 0 Å². The molecule has 0 atom stereocenters. The third-order valence-corrected chi connectivity index (χ3v) is 2.25. The maximum atomic E-state index is 13.5. The molecule has 1 aromatic carbocycles. The summed E-state index contributed by atoms with van der Waals surface area (Å²) in [5.41, 5.74) is 0.689. The van der Waals surface area contributed by atoms with E-state index in [-0.39, 0.29) is 16.7 Å². The first-order valence-electron chi connectivity index (χ1n) is 4.76. The molecular formula is C11H9BFNO2. The van der Waals surface area contributed by atoms with E-state index >= 15 is 0 Å². The van der Waals surface area contributed by atoms with Crippen LogP contribution in [-0.4, -0.2) is 22.2 Å². The molecule has 0 radical (unpaired) electrons. The highest BCUT2D eigenvalue weighted by molar-refractivity contribution is 6.60. The third-order valence-electron chi connectivity index (χ3n) is 2.25. The normalized spacial score (nSPS) is 10.2. The van der Waals surface area contributed by atoms with Gasteiger partial charge in [-0.2, -0.15) is 0 Å². The Morgan fingerprint density at radius 1 is 1.06 bits per heavy atom. The molecule has 2 aromatic rings. The Bertz CT molecular complexity index is 505. The fourth-order valence-corrected chi connectivity index (χ4v) is 1.50. The van der Waals surface area contributed by atoms with E-state index in [0.717, 1.165) is 0 Å². The lowest BCUT2D eigenvalue weighted by Gasteiger charge is -2.07. The van der Waals surface area contributed by atoms with Gasteiger partial charge in [0.1, 0.15) is 5.82 Å². The molecule has 0 aliphatic carbocycles. The first-order valence-corrected chi connectivity index (χ1v) is 4.76. The summed E-state index contributed by atoms with van der Waals surface area (Å²) >= 11 is 0. The molecule has 3 nitrogen and oxygen atoms in total. The molecule has 0 fully saturated rings. The monoisotopic (exact) mass is 217 g/mol. The van der Waals surface area contributed by atoms with Crippen LogP contribution in [0.5, 0.6) is 0 Å². The van der Waals surface area contributed by atoms with Gasteiger partial charge in [-0.15, -0.1) is 0 Å². The summed E-state index contributed by atoms with van der Waals surface area (Å²) in [4.78, 5) is 3.97. The minimum atomic E-state index is -1.66. The maximum absolute atomic E-state index is 13.5. The second-order valence-corrected chi connectivity index (χ2v) is 3.29. The van der Waals surface area contributed by atoms with Crippen molar-refractivity contribution >= 4 is 12.6 Å². The van der Waals surface area contributed by atoms with E-state index in [1.807, 2.05) is 0 Å². The van der Waals surface area contributed by atoms with Crippen LogP contribution in [0.2, 0.25) is 0 Å². The smallest absolute Gasteiger partial charge is 0.423 e. The van der Waals surface area contributed by atoms with Crippen molar-refractivity contribution in [2.24, 2.45) is 0 Å². The maximum Gasteiger partial charge on any atom is 0.490 e. The molecule has 0 spiro atoms. The molecule has 5 heteroatoms. The topological polar surface area (TPSA) is 53.4 Å². The van der Waals surface area contributed by atoms with Crippen molar-refractivity contribution in [1.82, 2.24) is 4.98 Å². The van der Waals surface area contributed by atoms with Gasteiger partial charge < -0.3 is 10.0 Å². The number of halogens is 1. The van der Waals surface area contributed by atoms with E-state index in [2.05, 4.69) is 4.98 Å². The summed E-state index contributed by atoms with van der Waals surface area (Å²) in [7, 11) is -1.66. The van der Waals surface area contributed by atoms with Crippen LogP contribution in [0.25, 0.3) is 11.3 Å². The lowest BCUT2D eigenvalue weighted by atomic mass is 9.77. The number of aromatic nitrogens is 1. The van der Waals surface area contributed by atoms with Gasteiger partial charge in [0.05, 0.1) is 5.69 Å². The van der Waals surface area contributed by atoms with Crippen molar-refractivity contribution in [2.45, 2.75) is 0 Å². The van der Waals surface area contributed by atoms with Crippen LogP contribution in [0.4, 0.5) is 4.39 Å². The van der Waals surface area contributed by atoms with Gasteiger partial charge in [-0.3, -0.25) is 4.98 Å². The van der Waals surface area contributed by atoms with Crippen LogP contribution >= 0.6 is 0 Å². The summed E-state index contributed by atoms with van der Waals surface area (Å²) in [6, 6.07) is 9.15. The molecule has 80 valence electrons. The average Bonchev–Trinajstić information content (AvgIpc) is 2.29. The van der Waals surface area contributed by atoms with Crippen molar-refractivity contribution in [3.8, 4) is 11.3 Å². The fourth-order valence-electron chi connectivity index (χ4n) is 1.50. The molecule has 2 rings (SSSR count). The minimum Gasteiger partial charge on any atom is -0.423 e. The molecule has 16 heavy (non-hydrogen) atoms. The second-order valence-electron chi connectivity index (χ2n) is 3.29. The van der Waals surface area contributed by atoms with E-state index in [1.165, 1.54) is 18.3 Å². The van der Waals surface area contributed by atoms with Crippen LogP contribution in [-0.2, 0) is 0 Å². The number of rotatable bonds is 2. The second kappa shape index (κ2) is 4.43. The first-order chi connectivity index (χ1) is 7.70. The summed E-state index contributed by atoms with van der Waals surface area (Å²) in [6.45, 7) is 0. The van der Waals surface area contributed by atoms with Crippen LogP contribution in [0, 0.1) is 5.82 Å². The van der Waals surface area contributed by atoms with Gasteiger partial charge in [0.25, 0.3) is 0 Å². The summed E-state index contributed by atoms with van der Waals surface area (Å²) in [5.74, 6) is -0.442. The van der Waals surface area contributed by atoms with Gasteiger partial charge in [0.2, 0.25) is 0 Å². The van der Waals surface area contributed by atoms with E-state index < -0.39 is 12.9 Å². The van der Waals surface area contributed by atoms with Crippen molar-refractivity contribution in [3.05, 3.63) is 48.4 Å². The summed E-state index contributed by atoms with van der Waals surface area (Å²) in [6.07, 6.45) is 1.48. The summed E-state index contributed by atoms with van der Waals surface area (Å²) in [5, 5.41) is 18.3. The van der Waals surface area contributed by atoms with Crippen LogP contribution < -0.4 is 5.46 Å². The quantitative estimate of drug-likeness (QED) is 0.723. The van der Waals surface area contributed by atoms with E-state index in [1.54, 1.807) is 24.3 Å². The Kier molecular flexibility index (Phi) is 2.98. The third kappa shape index (κ3) is 1.96. The van der Waals surface area contributed by atoms with Crippen molar-refractivity contribution < 1.29 is 14.4 Å². The van der Waals surface area contributed by atoms with Crippen molar-refractivity contribution in [1.29, 1.82) is 0 Å². The van der Waals surface area contributed by atoms with Gasteiger partial charge in [0.15, 0.2) is 0 Å². The highest BCUT2D eigenvalue weighted by Crippen LogP contribution is 2.18. The molecule has 0 amide bonds. The predicted molar refractivity (Wildman–Crippen MR) is 59.5 cm³/mol. The molecule has 0 saturated heterocycles. The van der Waals surface area contributed by atoms with E-state index in [9.17, 15) is 4.39 Å². The first kappa shape index (κ1) is 10.8. The van der Waals surface area contributed by atoms with Gasteiger partial charge >= 0.3 is 7.12 Å². The SMILES string of the molecule is OB(O)c1cccnc1-c1ccccc1F. The Hall–Kier alpha value is -1.72. The lowest BCUT2D eigenvalue weighted by molar-refractivity contribution is 0.426. The van der Waals surface area contributed by atoms with Crippen molar-refractivity contribution in [2.75, 3.05) is 0 Å². The Labute approximate surface area is 92.4 Å². The van der Waals surface area contributed by atoms with Crippen LogP contribution in [0.15, 0.2) is 42.6 Å². The predicted octanol–water partition coefficient (Wildman–Crippen LogP) is 0.567. The largest absolute Gasteiger partial charge is 0.490 e. The Morgan fingerprint density at radius 2 is 1.81 bits per heavy atom. The molecule has 1 heterocycles. The molecule has 0 bridgehead atoms. The van der Waals surface area contributed by atoms with Crippen LogP contribution in [0.1, 0.15) is 0 Å². The van der Waals surface area contributed by atoms with Gasteiger partial charge in [-0.1, -0.05) is 18.2 Å². The Balaban J connectivity index is 2.60. The number of pyridine rings is 1. The molecular weight excluding hydrogens is 208 g/mol.